The molecule has 6 nitrogen and oxygen atoms in total. The van der Waals surface area contributed by atoms with E-state index < -0.39 is 30.0 Å². The fourth-order valence-corrected chi connectivity index (χ4v) is 3.76. The first-order valence-electron chi connectivity index (χ1n) is 10.4. The Morgan fingerprint density at radius 3 is 2.44 bits per heavy atom. The normalized spacial score (nSPS) is 18.0. The van der Waals surface area contributed by atoms with E-state index in [4.69, 9.17) is 9.47 Å². The number of anilines is 1. The molecule has 2 aromatic rings. The van der Waals surface area contributed by atoms with Crippen LogP contribution in [-0.4, -0.2) is 24.8 Å². The average Bonchev–Trinajstić information content (AvgIpc) is 2.77. The largest absolute Gasteiger partial charge is 0.449 e. The highest BCUT2D eigenvalue weighted by Crippen LogP contribution is 2.42. The van der Waals surface area contributed by atoms with Crippen molar-refractivity contribution < 1.29 is 32.2 Å². The van der Waals surface area contributed by atoms with Crippen molar-refractivity contribution in [1.82, 2.24) is 5.32 Å². The van der Waals surface area contributed by atoms with Crippen molar-refractivity contribution in [2.45, 2.75) is 51.6 Å². The standard InChI is InChI=1S/C23H25F3N2O4/c1-3-17-13-19(27-21(29)32-14-15-8-6-5-7-9-15)18-12-16(23(24,25)26)10-11-20(18)28(17)22(30)31-4-2/h5-12,17,19H,3-4,13-14H2,1-2H3,(H,27,29). The number of carbonyl (C=O) groups is 2. The van der Waals surface area contributed by atoms with E-state index in [0.717, 1.165) is 17.7 Å². The molecule has 32 heavy (non-hydrogen) atoms. The van der Waals surface area contributed by atoms with Crippen LogP contribution in [0, 0.1) is 0 Å². The Hall–Kier alpha value is -3.23. The molecule has 0 aromatic heterocycles. The summed E-state index contributed by atoms with van der Waals surface area (Å²) in [7, 11) is 0. The maximum Gasteiger partial charge on any atom is 0.416 e. The summed E-state index contributed by atoms with van der Waals surface area (Å²) >= 11 is 0. The van der Waals surface area contributed by atoms with Crippen molar-refractivity contribution in [3.63, 3.8) is 0 Å². The van der Waals surface area contributed by atoms with Gasteiger partial charge in [-0.05, 0) is 49.1 Å². The Labute approximate surface area is 184 Å². The van der Waals surface area contributed by atoms with Crippen LogP contribution in [0.25, 0.3) is 0 Å². The minimum atomic E-state index is -4.57. The fourth-order valence-electron chi connectivity index (χ4n) is 3.76. The molecule has 1 aliphatic rings. The summed E-state index contributed by atoms with van der Waals surface area (Å²) in [5.41, 5.74) is 0.391. The molecule has 1 aliphatic heterocycles. The zero-order chi connectivity index (χ0) is 23.3. The summed E-state index contributed by atoms with van der Waals surface area (Å²) in [6, 6.07) is 11.1. The van der Waals surface area contributed by atoms with Gasteiger partial charge in [0.15, 0.2) is 0 Å². The summed E-state index contributed by atoms with van der Waals surface area (Å²) in [4.78, 5) is 26.4. The molecule has 1 N–H and O–H groups in total. The number of ether oxygens (including phenoxy) is 2. The minimum Gasteiger partial charge on any atom is -0.449 e. The summed E-state index contributed by atoms with van der Waals surface area (Å²) in [6.45, 7) is 3.68. The molecule has 2 amide bonds. The summed E-state index contributed by atoms with van der Waals surface area (Å²) in [5, 5.41) is 2.67. The van der Waals surface area contributed by atoms with Gasteiger partial charge in [-0.2, -0.15) is 13.2 Å². The molecule has 0 saturated carbocycles. The van der Waals surface area contributed by atoms with Crippen LogP contribution in [0.1, 0.15) is 49.4 Å². The minimum absolute atomic E-state index is 0.0288. The van der Waals surface area contributed by atoms with Crippen molar-refractivity contribution >= 4 is 17.9 Å². The predicted octanol–water partition coefficient (Wildman–Crippen LogP) is 5.82. The lowest BCUT2D eigenvalue weighted by molar-refractivity contribution is -0.137. The predicted molar refractivity (Wildman–Crippen MR) is 112 cm³/mol. The van der Waals surface area contributed by atoms with Crippen molar-refractivity contribution in [2.24, 2.45) is 0 Å². The highest BCUT2D eigenvalue weighted by Gasteiger charge is 2.39. The lowest BCUT2D eigenvalue weighted by Gasteiger charge is -2.40. The monoisotopic (exact) mass is 450 g/mol. The molecule has 0 saturated heterocycles. The number of amides is 2. The van der Waals surface area contributed by atoms with E-state index in [1.807, 2.05) is 25.1 Å². The summed E-state index contributed by atoms with van der Waals surface area (Å²) < 4.78 is 50.4. The Kier molecular flexibility index (Phi) is 7.27. The van der Waals surface area contributed by atoms with E-state index in [0.29, 0.717) is 6.42 Å². The summed E-state index contributed by atoms with van der Waals surface area (Å²) in [6.07, 6.45) is -5.20. The number of halogens is 3. The van der Waals surface area contributed by atoms with Crippen LogP contribution in [0.5, 0.6) is 0 Å². The molecular weight excluding hydrogens is 425 g/mol. The Morgan fingerprint density at radius 1 is 1.09 bits per heavy atom. The van der Waals surface area contributed by atoms with E-state index in [1.165, 1.54) is 11.0 Å². The molecule has 0 fully saturated rings. The van der Waals surface area contributed by atoms with Gasteiger partial charge in [0, 0.05) is 6.04 Å². The fraction of sp³-hybridized carbons (Fsp3) is 0.391. The number of alkyl halides is 3. The average molecular weight is 450 g/mol. The first-order valence-corrected chi connectivity index (χ1v) is 10.4. The Morgan fingerprint density at radius 2 is 1.81 bits per heavy atom. The third-order valence-corrected chi connectivity index (χ3v) is 5.30. The molecule has 9 heteroatoms. The molecule has 2 unspecified atom stereocenters. The van der Waals surface area contributed by atoms with Crippen LogP contribution >= 0.6 is 0 Å². The number of alkyl carbamates (subject to hydrolysis) is 1. The number of hydrogen-bond donors (Lipinski definition) is 1. The zero-order valence-electron chi connectivity index (χ0n) is 17.8. The van der Waals surface area contributed by atoms with Gasteiger partial charge in [-0.3, -0.25) is 4.90 Å². The Balaban J connectivity index is 1.89. The smallest absolute Gasteiger partial charge is 0.416 e. The van der Waals surface area contributed by atoms with E-state index >= 15 is 0 Å². The van der Waals surface area contributed by atoms with Crippen LogP contribution in [0.2, 0.25) is 0 Å². The highest BCUT2D eigenvalue weighted by molar-refractivity contribution is 5.90. The van der Waals surface area contributed by atoms with Crippen molar-refractivity contribution in [3.05, 3.63) is 65.2 Å². The molecule has 1 heterocycles. The number of carbonyl (C=O) groups excluding carboxylic acids is 2. The summed E-state index contributed by atoms with van der Waals surface area (Å²) in [5.74, 6) is 0. The van der Waals surface area contributed by atoms with Gasteiger partial charge in [0.25, 0.3) is 0 Å². The van der Waals surface area contributed by atoms with Crippen molar-refractivity contribution in [3.8, 4) is 0 Å². The topological polar surface area (TPSA) is 67.9 Å². The molecule has 2 atom stereocenters. The van der Waals surface area contributed by atoms with Gasteiger partial charge in [-0.15, -0.1) is 0 Å². The van der Waals surface area contributed by atoms with Crippen LogP contribution in [-0.2, 0) is 22.3 Å². The first kappa shape index (κ1) is 23.4. The van der Waals surface area contributed by atoms with E-state index in [-0.39, 0.29) is 36.9 Å². The zero-order valence-corrected chi connectivity index (χ0v) is 17.8. The second-order valence-corrected chi connectivity index (χ2v) is 7.40. The second-order valence-electron chi connectivity index (χ2n) is 7.40. The number of nitrogens with one attached hydrogen (secondary N) is 1. The molecule has 2 aromatic carbocycles. The number of hydrogen-bond acceptors (Lipinski definition) is 4. The maximum atomic E-state index is 13.4. The van der Waals surface area contributed by atoms with Gasteiger partial charge < -0.3 is 14.8 Å². The van der Waals surface area contributed by atoms with Gasteiger partial charge in [-0.25, -0.2) is 9.59 Å². The molecule has 172 valence electrons. The van der Waals surface area contributed by atoms with Crippen LogP contribution in [0.15, 0.2) is 48.5 Å². The van der Waals surface area contributed by atoms with Gasteiger partial charge in [0.1, 0.15) is 6.61 Å². The lowest BCUT2D eigenvalue weighted by Crippen LogP contribution is -2.47. The molecule has 0 radical (unpaired) electrons. The van der Waals surface area contributed by atoms with Crippen LogP contribution in [0.4, 0.5) is 28.4 Å². The van der Waals surface area contributed by atoms with Crippen molar-refractivity contribution in [1.29, 1.82) is 0 Å². The van der Waals surface area contributed by atoms with Crippen LogP contribution in [0.3, 0.4) is 0 Å². The van der Waals surface area contributed by atoms with E-state index in [2.05, 4.69) is 5.32 Å². The first-order chi connectivity index (χ1) is 15.2. The van der Waals surface area contributed by atoms with Crippen LogP contribution < -0.4 is 10.2 Å². The van der Waals surface area contributed by atoms with Gasteiger partial charge >= 0.3 is 18.4 Å². The third kappa shape index (κ3) is 5.33. The SMILES string of the molecule is CCOC(=O)N1c2ccc(C(F)(F)F)cc2C(NC(=O)OCc2ccccc2)CC1CC. The van der Waals surface area contributed by atoms with Gasteiger partial charge in [-0.1, -0.05) is 37.3 Å². The van der Waals surface area contributed by atoms with Crippen molar-refractivity contribution in [2.75, 3.05) is 11.5 Å². The van der Waals surface area contributed by atoms with Gasteiger partial charge in [0.05, 0.1) is 23.9 Å². The highest BCUT2D eigenvalue weighted by atomic mass is 19.4. The molecule has 0 aliphatic carbocycles. The number of benzene rings is 2. The second kappa shape index (κ2) is 9.93. The molecule has 3 rings (SSSR count). The Bertz CT molecular complexity index is 950. The van der Waals surface area contributed by atoms with E-state index in [1.54, 1.807) is 19.1 Å². The number of rotatable bonds is 5. The number of nitrogens with zero attached hydrogens (tertiary/aromatic N) is 1. The molecular formula is C23H25F3N2O4. The number of fused-ring (bicyclic) bond motifs is 1. The molecule has 0 spiro atoms. The molecule has 0 bridgehead atoms. The quantitative estimate of drug-likeness (QED) is 0.624. The lowest BCUT2D eigenvalue weighted by atomic mass is 9.89. The third-order valence-electron chi connectivity index (χ3n) is 5.30. The van der Waals surface area contributed by atoms with Gasteiger partial charge in [0.2, 0.25) is 0 Å². The van der Waals surface area contributed by atoms with E-state index in [9.17, 15) is 22.8 Å². The maximum absolute atomic E-state index is 13.4.